The van der Waals surface area contributed by atoms with Gasteiger partial charge in [-0.3, -0.25) is 4.79 Å². The number of nitrogens with one attached hydrogen (secondary N) is 2. The van der Waals surface area contributed by atoms with E-state index in [0.29, 0.717) is 6.42 Å². The number of unbranched alkanes of at least 4 members (excludes halogenated alkanes) is 2. The van der Waals surface area contributed by atoms with E-state index in [2.05, 4.69) is 16.7 Å². The topological polar surface area (TPSA) is 58.2 Å². The summed E-state index contributed by atoms with van der Waals surface area (Å²) < 4.78 is 0. The fourth-order valence-corrected chi connectivity index (χ4v) is 3.94. The first-order valence-electron chi connectivity index (χ1n) is 10.5. The Morgan fingerprint density at radius 3 is 2.83 bits per heavy atom. The van der Waals surface area contributed by atoms with Crippen LogP contribution in [0.2, 0.25) is 5.02 Å². The molecule has 2 aromatic rings. The van der Waals surface area contributed by atoms with Crippen molar-refractivity contribution < 1.29 is 9.59 Å². The first-order chi connectivity index (χ1) is 14.2. The summed E-state index contributed by atoms with van der Waals surface area (Å²) in [7, 11) is 0. The van der Waals surface area contributed by atoms with Gasteiger partial charge in [-0.1, -0.05) is 36.2 Å². The quantitative estimate of drug-likeness (QED) is 0.315. The number of hydrogen-bond donors (Lipinski definition) is 2. The van der Waals surface area contributed by atoms with E-state index in [-0.39, 0.29) is 11.8 Å². The van der Waals surface area contributed by atoms with Crippen LogP contribution in [0.15, 0.2) is 42.5 Å². The number of benzene rings is 2. The molecule has 0 saturated heterocycles. The van der Waals surface area contributed by atoms with Gasteiger partial charge in [-0.25, -0.2) is 0 Å². The van der Waals surface area contributed by atoms with Crippen molar-refractivity contribution in [3.63, 3.8) is 0 Å². The zero-order valence-electron chi connectivity index (χ0n) is 16.8. The van der Waals surface area contributed by atoms with Crippen molar-refractivity contribution >= 4 is 29.4 Å². The Morgan fingerprint density at radius 1 is 1.14 bits per heavy atom. The zero-order valence-corrected chi connectivity index (χ0v) is 17.5. The molecule has 2 N–H and O–H groups in total. The van der Waals surface area contributed by atoms with Gasteiger partial charge in [-0.15, -0.1) is 0 Å². The molecule has 154 valence electrons. The number of aldehydes is 1. The van der Waals surface area contributed by atoms with Crippen molar-refractivity contribution in [1.29, 1.82) is 0 Å². The molecule has 1 unspecified atom stereocenters. The van der Waals surface area contributed by atoms with Crippen molar-refractivity contribution in [1.82, 2.24) is 5.32 Å². The van der Waals surface area contributed by atoms with E-state index < -0.39 is 0 Å². The summed E-state index contributed by atoms with van der Waals surface area (Å²) in [6.45, 7) is 1.87. The summed E-state index contributed by atoms with van der Waals surface area (Å²) in [5, 5.41) is 7.49. The fraction of sp³-hybridized carbons (Fsp3) is 0.417. The second-order valence-electron chi connectivity index (χ2n) is 7.62. The van der Waals surface area contributed by atoms with Gasteiger partial charge in [0.05, 0.1) is 6.04 Å². The van der Waals surface area contributed by atoms with E-state index >= 15 is 0 Å². The van der Waals surface area contributed by atoms with E-state index in [0.717, 1.165) is 79.7 Å². The van der Waals surface area contributed by atoms with Crippen LogP contribution < -0.4 is 10.6 Å². The highest BCUT2D eigenvalue weighted by atomic mass is 35.5. The molecule has 2 aromatic carbocycles. The highest BCUT2D eigenvalue weighted by Crippen LogP contribution is 2.26. The van der Waals surface area contributed by atoms with Crippen LogP contribution in [0, 0.1) is 0 Å². The molecule has 4 nitrogen and oxygen atoms in total. The highest BCUT2D eigenvalue weighted by molar-refractivity contribution is 6.31. The number of ketones is 1. The number of anilines is 1. The van der Waals surface area contributed by atoms with Gasteiger partial charge in [0, 0.05) is 22.7 Å². The Labute approximate surface area is 178 Å². The Balaban J connectivity index is 1.30. The lowest BCUT2D eigenvalue weighted by Gasteiger charge is -2.23. The van der Waals surface area contributed by atoms with Gasteiger partial charge in [-0.05, 0) is 80.6 Å². The molecular formula is C24H29ClN2O2. The van der Waals surface area contributed by atoms with Gasteiger partial charge in [0.1, 0.15) is 6.29 Å². The molecule has 5 heteroatoms. The second-order valence-corrected chi connectivity index (χ2v) is 8.03. The minimum Gasteiger partial charge on any atom is -0.375 e. The Hall–Kier alpha value is -2.17. The minimum absolute atomic E-state index is 0.109. The first kappa shape index (κ1) is 21.5. The predicted octanol–water partition coefficient (Wildman–Crippen LogP) is 4.84. The monoisotopic (exact) mass is 412 g/mol. The first-order valence-corrected chi connectivity index (χ1v) is 10.9. The number of fused-ring (bicyclic) bond motifs is 1. The number of hydrogen-bond acceptors (Lipinski definition) is 4. The van der Waals surface area contributed by atoms with Crippen molar-refractivity contribution in [3.05, 3.63) is 64.2 Å². The van der Waals surface area contributed by atoms with Crippen LogP contribution in [-0.4, -0.2) is 31.2 Å². The van der Waals surface area contributed by atoms with E-state index in [1.165, 1.54) is 5.56 Å². The third-order valence-electron chi connectivity index (χ3n) is 5.44. The smallest absolute Gasteiger partial charge is 0.162 e. The summed E-state index contributed by atoms with van der Waals surface area (Å²) in [6.07, 6.45) is 7.11. The van der Waals surface area contributed by atoms with E-state index in [4.69, 9.17) is 11.6 Å². The Kier molecular flexibility index (Phi) is 8.26. The van der Waals surface area contributed by atoms with Gasteiger partial charge in [0.2, 0.25) is 0 Å². The standard InChI is InChI=1S/C24H29ClN2O2/c25-22-7-4-3-6-18(22)13-15-26-14-5-1-2-8-24(29)20-10-12-23-19(16-20)9-11-21(17-28)27-23/h3-4,6-7,10,12,16-17,21,26-27H,1-2,5,8-9,11,13-15H2. The molecule has 0 radical (unpaired) electrons. The molecular weight excluding hydrogens is 384 g/mol. The lowest BCUT2D eigenvalue weighted by molar-refractivity contribution is -0.108. The zero-order chi connectivity index (χ0) is 20.5. The van der Waals surface area contributed by atoms with Crippen molar-refractivity contribution in [2.45, 2.75) is 51.0 Å². The lowest BCUT2D eigenvalue weighted by atomic mass is 9.95. The molecule has 3 rings (SSSR count). The minimum atomic E-state index is -0.109. The second kappa shape index (κ2) is 11.1. The molecule has 0 spiro atoms. The predicted molar refractivity (Wildman–Crippen MR) is 119 cm³/mol. The average Bonchev–Trinajstić information content (AvgIpc) is 2.75. The van der Waals surface area contributed by atoms with E-state index in [1.807, 2.05) is 36.4 Å². The van der Waals surface area contributed by atoms with Gasteiger partial charge >= 0.3 is 0 Å². The summed E-state index contributed by atoms with van der Waals surface area (Å²) >= 11 is 6.16. The van der Waals surface area contributed by atoms with E-state index in [9.17, 15) is 9.59 Å². The van der Waals surface area contributed by atoms with Crippen LogP contribution in [0.3, 0.4) is 0 Å². The maximum atomic E-state index is 12.5. The third kappa shape index (κ3) is 6.41. The molecule has 0 aliphatic carbocycles. The number of halogens is 1. The van der Waals surface area contributed by atoms with Crippen LogP contribution in [0.4, 0.5) is 5.69 Å². The molecule has 0 aromatic heterocycles. The SMILES string of the molecule is O=CC1CCc2cc(C(=O)CCCCCNCCc3ccccc3Cl)ccc2N1. The highest BCUT2D eigenvalue weighted by Gasteiger charge is 2.18. The number of carbonyl (C=O) groups is 2. The number of carbonyl (C=O) groups excluding carboxylic acids is 2. The molecule has 29 heavy (non-hydrogen) atoms. The number of aryl methyl sites for hydroxylation is 1. The molecule has 1 atom stereocenters. The summed E-state index contributed by atoms with van der Waals surface area (Å²) in [5.74, 6) is 0.206. The summed E-state index contributed by atoms with van der Waals surface area (Å²) in [5.41, 5.74) is 4.08. The van der Waals surface area contributed by atoms with Crippen LogP contribution >= 0.6 is 11.6 Å². The molecule has 1 heterocycles. The van der Waals surface area contributed by atoms with Gasteiger partial charge in [0.25, 0.3) is 0 Å². The third-order valence-corrected chi connectivity index (χ3v) is 5.81. The maximum Gasteiger partial charge on any atom is 0.162 e. The van der Waals surface area contributed by atoms with Crippen LogP contribution in [0.25, 0.3) is 0 Å². The fourth-order valence-electron chi connectivity index (χ4n) is 3.71. The maximum absolute atomic E-state index is 12.5. The van der Waals surface area contributed by atoms with Gasteiger partial charge in [0.15, 0.2) is 5.78 Å². The van der Waals surface area contributed by atoms with Crippen molar-refractivity contribution in [3.8, 4) is 0 Å². The Bertz CT molecular complexity index is 837. The molecule has 0 fully saturated rings. The van der Waals surface area contributed by atoms with Crippen LogP contribution in [0.1, 0.15) is 53.6 Å². The Morgan fingerprint density at radius 2 is 2.00 bits per heavy atom. The number of Topliss-reactive ketones (excluding diaryl/α,β-unsaturated/α-hetero) is 1. The van der Waals surface area contributed by atoms with Crippen molar-refractivity contribution in [2.24, 2.45) is 0 Å². The average molecular weight is 413 g/mol. The van der Waals surface area contributed by atoms with Gasteiger partial charge in [-0.2, -0.15) is 0 Å². The summed E-state index contributed by atoms with van der Waals surface area (Å²) in [6, 6.07) is 13.6. The molecule has 0 saturated carbocycles. The van der Waals surface area contributed by atoms with Crippen LogP contribution in [-0.2, 0) is 17.6 Å². The van der Waals surface area contributed by atoms with Gasteiger partial charge < -0.3 is 15.4 Å². The van der Waals surface area contributed by atoms with Crippen molar-refractivity contribution in [2.75, 3.05) is 18.4 Å². The lowest BCUT2D eigenvalue weighted by Crippen LogP contribution is -2.26. The summed E-state index contributed by atoms with van der Waals surface area (Å²) in [4.78, 5) is 23.4. The molecule has 1 aliphatic heterocycles. The number of rotatable bonds is 11. The molecule has 0 amide bonds. The molecule has 1 aliphatic rings. The largest absolute Gasteiger partial charge is 0.375 e. The van der Waals surface area contributed by atoms with Crippen LogP contribution in [0.5, 0.6) is 0 Å². The van der Waals surface area contributed by atoms with E-state index in [1.54, 1.807) is 0 Å². The normalized spacial score (nSPS) is 15.4. The molecule has 0 bridgehead atoms.